The van der Waals surface area contributed by atoms with E-state index >= 15 is 0 Å². The Labute approximate surface area is 97.3 Å². The molecule has 16 heavy (non-hydrogen) atoms. The Hall–Kier alpha value is -0.940. The van der Waals surface area contributed by atoms with E-state index in [1.54, 1.807) is 0 Å². The van der Waals surface area contributed by atoms with E-state index in [0.29, 0.717) is 10.9 Å². The summed E-state index contributed by atoms with van der Waals surface area (Å²) in [5, 5.41) is 12.0. The number of ether oxygens (including phenoxy) is 1. The molecule has 1 aliphatic heterocycles. The average molecular weight is 239 g/mol. The van der Waals surface area contributed by atoms with Gasteiger partial charge in [0.15, 0.2) is 5.41 Å². The second-order valence-corrected chi connectivity index (χ2v) is 5.44. The maximum Gasteiger partial charge on any atom is 0.321 e. The van der Waals surface area contributed by atoms with E-state index in [1.807, 2.05) is 5.38 Å². The van der Waals surface area contributed by atoms with Crippen molar-refractivity contribution in [3.63, 3.8) is 0 Å². The molecule has 2 heterocycles. The molecule has 5 heteroatoms. The van der Waals surface area contributed by atoms with E-state index in [4.69, 9.17) is 4.74 Å². The lowest BCUT2D eigenvalue weighted by Gasteiger charge is -2.35. The van der Waals surface area contributed by atoms with Crippen LogP contribution in [0.3, 0.4) is 0 Å². The predicted octanol–water partition coefficient (Wildman–Crippen LogP) is 1.76. The number of carboxylic acids is 1. The molecule has 2 fully saturated rings. The van der Waals surface area contributed by atoms with Gasteiger partial charge in [0.25, 0.3) is 0 Å². The van der Waals surface area contributed by atoms with Crippen molar-refractivity contribution in [3.8, 4) is 0 Å². The Morgan fingerprint density at radius 1 is 1.56 bits per heavy atom. The molecule has 0 amide bonds. The molecule has 0 aromatic carbocycles. The molecule has 2 aliphatic rings. The molecule has 86 valence electrons. The van der Waals surface area contributed by atoms with Crippen molar-refractivity contribution in [2.24, 2.45) is 0 Å². The first-order valence-electron chi connectivity index (χ1n) is 5.49. The highest BCUT2D eigenvalue weighted by Crippen LogP contribution is 2.40. The molecule has 1 N–H and O–H groups in total. The van der Waals surface area contributed by atoms with Gasteiger partial charge in [-0.2, -0.15) is 0 Å². The van der Waals surface area contributed by atoms with Crippen LogP contribution in [0, 0.1) is 0 Å². The van der Waals surface area contributed by atoms with E-state index in [9.17, 15) is 9.90 Å². The Kier molecular flexibility index (Phi) is 2.26. The van der Waals surface area contributed by atoms with Gasteiger partial charge in [-0.05, 0) is 12.8 Å². The van der Waals surface area contributed by atoms with E-state index in [2.05, 4.69) is 4.98 Å². The number of aliphatic carboxylic acids is 1. The molecule has 4 nitrogen and oxygen atoms in total. The fourth-order valence-electron chi connectivity index (χ4n) is 2.04. The number of thiazole rings is 1. The summed E-state index contributed by atoms with van der Waals surface area (Å²) in [4.78, 5) is 15.8. The molecule has 0 spiro atoms. The van der Waals surface area contributed by atoms with E-state index in [-0.39, 0.29) is 13.2 Å². The topological polar surface area (TPSA) is 59.4 Å². The molecular formula is C11H13NO3S. The maximum atomic E-state index is 11.3. The van der Waals surface area contributed by atoms with Crippen LogP contribution >= 0.6 is 11.3 Å². The summed E-state index contributed by atoms with van der Waals surface area (Å²) in [6.45, 7) is 0.528. The highest BCUT2D eigenvalue weighted by atomic mass is 32.1. The number of carboxylic acid groups (broad SMARTS) is 1. The third-order valence-electron chi connectivity index (χ3n) is 3.56. The van der Waals surface area contributed by atoms with Gasteiger partial charge >= 0.3 is 5.97 Å². The third kappa shape index (κ3) is 1.31. The summed E-state index contributed by atoms with van der Waals surface area (Å²) in [5.41, 5.74) is 0.228. The van der Waals surface area contributed by atoms with Crippen molar-refractivity contribution in [2.75, 3.05) is 13.2 Å². The smallest absolute Gasteiger partial charge is 0.321 e. The highest BCUT2D eigenvalue weighted by molar-refractivity contribution is 7.10. The van der Waals surface area contributed by atoms with Crippen LogP contribution in [0.1, 0.15) is 35.9 Å². The fourth-order valence-corrected chi connectivity index (χ4v) is 3.11. The predicted molar refractivity (Wildman–Crippen MR) is 58.8 cm³/mol. The van der Waals surface area contributed by atoms with Crippen LogP contribution in [0.25, 0.3) is 0 Å². The van der Waals surface area contributed by atoms with Crippen LogP contribution in [-0.2, 0) is 14.9 Å². The SMILES string of the molecule is O=C(O)C1(c2nc(C3CCC3)cs2)COC1. The molecule has 0 atom stereocenters. The van der Waals surface area contributed by atoms with E-state index in [1.165, 1.54) is 30.6 Å². The zero-order valence-electron chi connectivity index (χ0n) is 8.81. The van der Waals surface area contributed by atoms with Crippen LogP contribution in [0.4, 0.5) is 0 Å². The van der Waals surface area contributed by atoms with Crippen LogP contribution in [0.15, 0.2) is 5.38 Å². The molecule has 0 unspecified atom stereocenters. The van der Waals surface area contributed by atoms with Gasteiger partial charge in [0.05, 0.1) is 18.9 Å². The lowest BCUT2D eigenvalue weighted by molar-refractivity contribution is -0.163. The highest BCUT2D eigenvalue weighted by Gasteiger charge is 2.50. The number of aromatic nitrogens is 1. The number of nitrogens with zero attached hydrogens (tertiary/aromatic N) is 1. The summed E-state index contributed by atoms with van der Waals surface area (Å²) in [5.74, 6) is -0.245. The van der Waals surface area contributed by atoms with Crippen molar-refractivity contribution in [3.05, 3.63) is 16.1 Å². The minimum atomic E-state index is -0.855. The van der Waals surface area contributed by atoms with Gasteiger partial charge in [-0.15, -0.1) is 11.3 Å². The number of hydrogen-bond acceptors (Lipinski definition) is 4. The molecule has 3 rings (SSSR count). The first-order valence-corrected chi connectivity index (χ1v) is 6.37. The molecule has 1 aromatic rings. The van der Waals surface area contributed by atoms with Gasteiger partial charge < -0.3 is 9.84 Å². The lowest BCUT2D eigenvalue weighted by Crippen LogP contribution is -2.53. The fraction of sp³-hybridized carbons (Fsp3) is 0.636. The van der Waals surface area contributed by atoms with Gasteiger partial charge in [0, 0.05) is 11.3 Å². The number of rotatable bonds is 3. The molecule has 1 saturated carbocycles. The zero-order valence-corrected chi connectivity index (χ0v) is 9.63. The second kappa shape index (κ2) is 3.53. The molecule has 0 radical (unpaired) electrons. The Morgan fingerprint density at radius 3 is 2.75 bits per heavy atom. The Morgan fingerprint density at radius 2 is 2.31 bits per heavy atom. The Balaban J connectivity index is 1.88. The quantitative estimate of drug-likeness (QED) is 0.873. The number of hydrogen-bond donors (Lipinski definition) is 1. The summed E-state index contributed by atoms with van der Waals surface area (Å²) in [6.07, 6.45) is 3.66. The van der Waals surface area contributed by atoms with Crippen molar-refractivity contribution >= 4 is 17.3 Å². The molecule has 1 aliphatic carbocycles. The lowest BCUT2D eigenvalue weighted by atomic mass is 9.83. The minimum Gasteiger partial charge on any atom is -0.480 e. The number of carbonyl (C=O) groups is 1. The molecular weight excluding hydrogens is 226 g/mol. The monoisotopic (exact) mass is 239 g/mol. The van der Waals surface area contributed by atoms with Gasteiger partial charge in [-0.25, -0.2) is 4.98 Å². The average Bonchev–Trinajstić information content (AvgIpc) is 2.47. The molecule has 1 saturated heterocycles. The van der Waals surface area contributed by atoms with E-state index < -0.39 is 11.4 Å². The molecule has 1 aromatic heterocycles. The van der Waals surface area contributed by atoms with Crippen molar-refractivity contribution < 1.29 is 14.6 Å². The molecule has 0 bridgehead atoms. The van der Waals surface area contributed by atoms with Gasteiger partial charge in [0.2, 0.25) is 0 Å². The van der Waals surface area contributed by atoms with Crippen LogP contribution < -0.4 is 0 Å². The van der Waals surface area contributed by atoms with E-state index in [0.717, 1.165) is 5.69 Å². The normalized spacial score (nSPS) is 23.5. The van der Waals surface area contributed by atoms with Crippen molar-refractivity contribution in [1.82, 2.24) is 4.98 Å². The standard InChI is InChI=1S/C11H13NO3S/c13-10(14)11(5-15-6-11)9-12-8(4-16-9)7-2-1-3-7/h4,7H,1-3,5-6H2,(H,13,14). The summed E-state index contributed by atoms with van der Waals surface area (Å²) < 4.78 is 5.05. The largest absolute Gasteiger partial charge is 0.480 e. The van der Waals surface area contributed by atoms with Gasteiger partial charge in [-0.1, -0.05) is 6.42 Å². The first-order chi connectivity index (χ1) is 7.72. The van der Waals surface area contributed by atoms with Gasteiger partial charge in [-0.3, -0.25) is 4.79 Å². The minimum absolute atomic E-state index is 0.264. The van der Waals surface area contributed by atoms with Crippen LogP contribution in [0.5, 0.6) is 0 Å². The Bertz CT molecular complexity index is 421. The van der Waals surface area contributed by atoms with Crippen molar-refractivity contribution in [1.29, 1.82) is 0 Å². The summed E-state index contributed by atoms with van der Waals surface area (Å²) in [7, 11) is 0. The van der Waals surface area contributed by atoms with Gasteiger partial charge in [0.1, 0.15) is 5.01 Å². The maximum absolute atomic E-state index is 11.3. The van der Waals surface area contributed by atoms with Crippen molar-refractivity contribution in [2.45, 2.75) is 30.6 Å². The summed E-state index contributed by atoms with van der Waals surface area (Å²) in [6, 6.07) is 0. The summed E-state index contributed by atoms with van der Waals surface area (Å²) >= 11 is 1.47. The zero-order chi connectivity index (χ0) is 11.2. The van der Waals surface area contributed by atoms with Crippen LogP contribution in [0.2, 0.25) is 0 Å². The third-order valence-corrected chi connectivity index (χ3v) is 4.63. The second-order valence-electron chi connectivity index (χ2n) is 4.59. The first kappa shape index (κ1) is 10.2. The van der Waals surface area contributed by atoms with Crippen LogP contribution in [-0.4, -0.2) is 29.3 Å².